The van der Waals surface area contributed by atoms with Crippen LogP contribution in [0, 0.1) is 0 Å². The van der Waals surface area contributed by atoms with Crippen LogP contribution < -0.4 is 0 Å². The van der Waals surface area contributed by atoms with E-state index >= 15 is 0 Å². The zero-order valence-electron chi connectivity index (χ0n) is 9.43. The Morgan fingerprint density at radius 1 is 1.50 bits per heavy atom. The molecular weight excluding hydrogens is 212 g/mol. The van der Waals surface area contributed by atoms with Crippen molar-refractivity contribution in [1.29, 1.82) is 0 Å². The lowest BCUT2D eigenvalue weighted by Crippen LogP contribution is -2.22. The highest BCUT2D eigenvalue weighted by atomic mass is 16.8. The molecule has 16 heavy (non-hydrogen) atoms. The van der Waals surface area contributed by atoms with Crippen LogP contribution in [0.5, 0.6) is 0 Å². The van der Waals surface area contributed by atoms with E-state index in [4.69, 9.17) is 14.2 Å². The van der Waals surface area contributed by atoms with Crippen molar-refractivity contribution in [3.8, 4) is 0 Å². The van der Waals surface area contributed by atoms with E-state index in [1.165, 1.54) is 19.3 Å². The number of ether oxygens (including phenoxy) is 4. The Balaban J connectivity index is 1.98. The molecule has 2 heterocycles. The lowest BCUT2D eigenvalue weighted by Gasteiger charge is -2.17. The topological polar surface area (TPSA) is 54.0 Å². The highest BCUT2D eigenvalue weighted by molar-refractivity contribution is 5.82. The fourth-order valence-electron chi connectivity index (χ4n) is 1.61. The van der Waals surface area contributed by atoms with E-state index in [0.29, 0.717) is 5.76 Å². The third-order valence-electron chi connectivity index (χ3n) is 2.25. The molecule has 2 unspecified atom stereocenters. The van der Waals surface area contributed by atoms with Gasteiger partial charge in [-0.2, -0.15) is 0 Å². The monoisotopic (exact) mass is 226 g/mol. The fraction of sp³-hybridized carbons (Fsp3) is 0.545. The van der Waals surface area contributed by atoms with E-state index in [1.807, 2.05) is 13.8 Å². The van der Waals surface area contributed by atoms with Crippen LogP contribution in [0.1, 0.15) is 13.8 Å². The first-order valence-electron chi connectivity index (χ1n) is 5.00. The van der Waals surface area contributed by atoms with Gasteiger partial charge in [-0.1, -0.05) is 0 Å². The molecule has 2 atom stereocenters. The van der Waals surface area contributed by atoms with Gasteiger partial charge in [0.15, 0.2) is 5.79 Å². The van der Waals surface area contributed by atoms with Crippen molar-refractivity contribution in [3.63, 3.8) is 0 Å². The average Bonchev–Trinajstić information content (AvgIpc) is 2.67. The standard InChI is InChI=1S/C11H14O5/c1-11(2)15-8-6-7(14-10(8)16-11)4-5-9(12)13-3/h4-6,8,10H,1-3H3. The van der Waals surface area contributed by atoms with Crippen LogP contribution in [0.3, 0.4) is 0 Å². The molecular formula is C11H14O5. The van der Waals surface area contributed by atoms with Gasteiger partial charge in [0, 0.05) is 6.08 Å². The summed E-state index contributed by atoms with van der Waals surface area (Å²) < 4.78 is 21.0. The number of rotatable bonds is 2. The number of fused-ring (bicyclic) bond motifs is 1. The van der Waals surface area contributed by atoms with Crippen LogP contribution in [0.25, 0.3) is 0 Å². The maximum atomic E-state index is 10.9. The highest BCUT2D eigenvalue weighted by Gasteiger charge is 2.45. The van der Waals surface area contributed by atoms with Gasteiger partial charge in [0.2, 0.25) is 6.29 Å². The van der Waals surface area contributed by atoms with Crippen LogP contribution in [0.4, 0.5) is 0 Å². The molecule has 0 aromatic carbocycles. The molecule has 0 saturated carbocycles. The number of esters is 1. The second-order valence-corrected chi connectivity index (χ2v) is 4.01. The summed E-state index contributed by atoms with van der Waals surface area (Å²) in [6.07, 6.45) is 3.96. The summed E-state index contributed by atoms with van der Waals surface area (Å²) in [4.78, 5) is 10.9. The van der Waals surface area contributed by atoms with Gasteiger partial charge in [-0.3, -0.25) is 0 Å². The van der Waals surface area contributed by atoms with E-state index in [2.05, 4.69) is 4.74 Å². The van der Waals surface area contributed by atoms with Gasteiger partial charge >= 0.3 is 5.97 Å². The van der Waals surface area contributed by atoms with E-state index < -0.39 is 18.0 Å². The molecule has 0 aromatic heterocycles. The summed E-state index contributed by atoms with van der Waals surface area (Å²) in [5, 5.41) is 0. The summed E-state index contributed by atoms with van der Waals surface area (Å²) >= 11 is 0. The molecule has 2 aliphatic heterocycles. The molecule has 2 rings (SSSR count). The van der Waals surface area contributed by atoms with Gasteiger partial charge in [0.25, 0.3) is 0 Å². The summed E-state index contributed by atoms with van der Waals surface area (Å²) in [6.45, 7) is 3.65. The summed E-state index contributed by atoms with van der Waals surface area (Å²) in [5.74, 6) is -0.497. The maximum Gasteiger partial charge on any atom is 0.330 e. The van der Waals surface area contributed by atoms with Gasteiger partial charge in [0.1, 0.15) is 11.9 Å². The minimum Gasteiger partial charge on any atom is -0.466 e. The first-order valence-corrected chi connectivity index (χ1v) is 5.00. The van der Waals surface area contributed by atoms with Crippen LogP contribution in [0.15, 0.2) is 24.0 Å². The third-order valence-corrected chi connectivity index (χ3v) is 2.25. The number of hydrogen-bond donors (Lipinski definition) is 0. The minimum atomic E-state index is -0.622. The van der Waals surface area contributed by atoms with Gasteiger partial charge in [-0.05, 0) is 26.0 Å². The minimum absolute atomic E-state index is 0.215. The number of carbonyl (C=O) groups excluding carboxylic acids is 1. The Labute approximate surface area is 93.6 Å². The maximum absolute atomic E-state index is 10.9. The number of allylic oxidation sites excluding steroid dienone is 1. The molecule has 0 radical (unpaired) electrons. The lowest BCUT2D eigenvalue weighted by molar-refractivity contribution is -0.180. The largest absolute Gasteiger partial charge is 0.466 e. The summed E-state index contributed by atoms with van der Waals surface area (Å²) in [6, 6.07) is 0. The first-order chi connectivity index (χ1) is 7.50. The van der Waals surface area contributed by atoms with Crippen LogP contribution in [0.2, 0.25) is 0 Å². The van der Waals surface area contributed by atoms with Crippen molar-refractivity contribution in [1.82, 2.24) is 0 Å². The molecule has 2 aliphatic rings. The zero-order valence-corrected chi connectivity index (χ0v) is 9.43. The smallest absolute Gasteiger partial charge is 0.330 e. The van der Waals surface area contributed by atoms with E-state index in [1.54, 1.807) is 6.08 Å². The Bertz CT molecular complexity index is 355. The van der Waals surface area contributed by atoms with Gasteiger partial charge < -0.3 is 18.9 Å². The Morgan fingerprint density at radius 2 is 2.25 bits per heavy atom. The average molecular weight is 226 g/mol. The number of carbonyl (C=O) groups is 1. The van der Waals surface area contributed by atoms with E-state index in [0.717, 1.165) is 0 Å². The third kappa shape index (κ3) is 2.25. The Morgan fingerprint density at radius 3 is 2.88 bits per heavy atom. The molecule has 0 amide bonds. The lowest BCUT2D eigenvalue weighted by atomic mass is 10.3. The predicted octanol–water partition coefficient (Wildman–Crippen LogP) is 1.11. The van der Waals surface area contributed by atoms with Crippen molar-refractivity contribution in [2.75, 3.05) is 7.11 Å². The molecule has 0 aromatic rings. The second-order valence-electron chi connectivity index (χ2n) is 4.01. The van der Waals surface area contributed by atoms with Crippen molar-refractivity contribution in [2.45, 2.75) is 32.0 Å². The molecule has 0 N–H and O–H groups in total. The van der Waals surface area contributed by atoms with Crippen LogP contribution in [-0.2, 0) is 23.7 Å². The quantitative estimate of drug-likeness (QED) is 0.521. The first kappa shape index (κ1) is 11.2. The number of hydrogen-bond acceptors (Lipinski definition) is 5. The number of methoxy groups -OCH3 is 1. The molecule has 0 bridgehead atoms. The fourth-order valence-corrected chi connectivity index (χ4v) is 1.61. The van der Waals surface area contributed by atoms with Crippen molar-refractivity contribution in [3.05, 3.63) is 24.0 Å². The van der Waals surface area contributed by atoms with E-state index in [-0.39, 0.29) is 6.10 Å². The Kier molecular flexibility index (Phi) is 2.73. The van der Waals surface area contributed by atoms with Crippen molar-refractivity contribution in [2.24, 2.45) is 0 Å². The van der Waals surface area contributed by atoms with Crippen molar-refractivity contribution < 1.29 is 23.7 Å². The van der Waals surface area contributed by atoms with Gasteiger partial charge in [0.05, 0.1) is 7.11 Å². The second kappa shape index (κ2) is 3.92. The summed E-state index contributed by atoms with van der Waals surface area (Å²) in [7, 11) is 1.32. The van der Waals surface area contributed by atoms with Crippen LogP contribution in [-0.4, -0.2) is 31.3 Å². The Hall–Kier alpha value is -1.33. The van der Waals surface area contributed by atoms with Gasteiger partial charge in [-0.15, -0.1) is 0 Å². The highest BCUT2D eigenvalue weighted by Crippen LogP contribution is 2.35. The predicted molar refractivity (Wildman–Crippen MR) is 54.1 cm³/mol. The molecule has 0 spiro atoms. The molecule has 0 aliphatic carbocycles. The zero-order chi connectivity index (χ0) is 11.8. The molecule has 5 heteroatoms. The van der Waals surface area contributed by atoms with E-state index in [9.17, 15) is 4.79 Å². The van der Waals surface area contributed by atoms with Crippen molar-refractivity contribution >= 4 is 5.97 Å². The molecule has 1 fully saturated rings. The molecule has 88 valence electrons. The van der Waals surface area contributed by atoms with Crippen LogP contribution >= 0.6 is 0 Å². The molecule has 5 nitrogen and oxygen atoms in total. The SMILES string of the molecule is COC(=O)C=CC1=CC2OC(C)(C)OC2O1. The van der Waals surface area contributed by atoms with Gasteiger partial charge in [-0.25, -0.2) is 4.79 Å². The normalized spacial score (nSPS) is 31.1. The molecule has 1 saturated heterocycles. The summed E-state index contributed by atoms with van der Waals surface area (Å²) in [5.41, 5.74) is 0.